The lowest BCUT2D eigenvalue weighted by atomic mass is 10.1. The Labute approximate surface area is 121 Å². The smallest absolute Gasteiger partial charge is 0.257 e. The fourth-order valence-corrected chi connectivity index (χ4v) is 3.18. The number of amides is 1. The molecular weight excluding hydrogens is 252 g/mol. The maximum Gasteiger partial charge on any atom is 0.257 e. The zero-order chi connectivity index (χ0) is 14.9. The second kappa shape index (κ2) is 5.95. The van der Waals surface area contributed by atoms with Crippen LogP contribution < -0.4 is 5.73 Å². The Morgan fingerprint density at radius 1 is 1.45 bits per heavy atom. The van der Waals surface area contributed by atoms with E-state index in [-0.39, 0.29) is 11.9 Å². The van der Waals surface area contributed by atoms with Crippen LogP contribution in [-0.4, -0.2) is 39.7 Å². The molecule has 0 radical (unpaired) electrons. The SMILES string of the molecule is CCCn1nc(C)c(C(=O)N2CC(CN)CC2C)c1C. The monoisotopic (exact) mass is 278 g/mol. The highest BCUT2D eigenvalue weighted by molar-refractivity contribution is 5.96. The summed E-state index contributed by atoms with van der Waals surface area (Å²) in [4.78, 5) is 14.8. The van der Waals surface area contributed by atoms with Crippen LogP contribution in [0, 0.1) is 19.8 Å². The van der Waals surface area contributed by atoms with Gasteiger partial charge in [0.2, 0.25) is 0 Å². The van der Waals surface area contributed by atoms with Crippen molar-refractivity contribution in [2.24, 2.45) is 11.7 Å². The Kier molecular flexibility index (Phi) is 4.48. The normalized spacial score (nSPS) is 22.6. The molecular formula is C15H26N4O. The van der Waals surface area contributed by atoms with Gasteiger partial charge in [-0.15, -0.1) is 0 Å². The first-order valence-electron chi connectivity index (χ1n) is 7.54. The largest absolute Gasteiger partial charge is 0.335 e. The Balaban J connectivity index is 2.25. The zero-order valence-electron chi connectivity index (χ0n) is 13.0. The van der Waals surface area contributed by atoms with Crippen LogP contribution in [0.25, 0.3) is 0 Å². The van der Waals surface area contributed by atoms with Gasteiger partial charge in [-0.05, 0) is 46.1 Å². The molecule has 1 aromatic rings. The molecule has 2 atom stereocenters. The topological polar surface area (TPSA) is 64.2 Å². The van der Waals surface area contributed by atoms with Crippen LogP contribution in [-0.2, 0) is 6.54 Å². The van der Waals surface area contributed by atoms with Gasteiger partial charge in [0, 0.05) is 24.8 Å². The van der Waals surface area contributed by atoms with Crippen molar-refractivity contribution in [2.75, 3.05) is 13.1 Å². The number of nitrogens with zero attached hydrogens (tertiary/aromatic N) is 3. The van der Waals surface area contributed by atoms with Gasteiger partial charge in [-0.2, -0.15) is 5.10 Å². The van der Waals surface area contributed by atoms with E-state index in [0.29, 0.717) is 12.5 Å². The molecule has 2 unspecified atom stereocenters. The first-order chi connectivity index (χ1) is 9.49. The summed E-state index contributed by atoms with van der Waals surface area (Å²) in [6.07, 6.45) is 2.02. The summed E-state index contributed by atoms with van der Waals surface area (Å²) in [6.45, 7) is 10.4. The maximum absolute atomic E-state index is 12.8. The van der Waals surface area contributed by atoms with Gasteiger partial charge in [-0.3, -0.25) is 9.48 Å². The number of nitrogens with two attached hydrogens (primary N) is 1. The lowest BCUT2D eigenvalue weighted by molar-refractivity contribution is 0.0742. The molecule has 20 heavy (non-hydrogen) atoms. The Morgan fingerprint density at radius 3 is 2.70 bits per heavy atom. The second-order valence-corrected chi connectivity index (χ2v) is 5.91. The molecule has 0 aliphatic carbocycles. The molecule has 1 aliphatic rings. The Hall–Kier alpha value is -1.36. The van der Waals surface area contributed by atoms with E-state index < -0.39 is 0 Å². The lowest BCUT2D eigenvalue weighted by Gasteiger charge is -2.21. The van der Waals surface area contributed by atoms with Gasteiger partial charge in [-0.1, -0.05) is 6.92 Å². The number of aryl methyl sites for hydroxylation is 2. The molecule has 5 heteroatoms. The van der Waals surface area contributed by atoms with Crippen molar-refractivity contribution in [1.29, 1.82) is 0 Å². The molecule has 0 bridgehead atoms. The molecule has 0 saturated carbocycles. The molecule has 2 N–H and O–H groups in total. The van der Waals surface area contributed by atoms with Crippen molar-refractivity contribution < 1.29 is 4.79 Å². The first kappa shape index (κ1) is 15.0. The molecule has 1 fully saturated rings. The minimum absolute atomic E-state index is 0.116. The first-order valence-corrected chi connectivity index (χ1v) is 7.54. The van der Waals surface area contributed by atoms with Gasteiger partial charge in [0.1, 0.15) is 0 Å². The van der Waals surface area contributed by atoms with E-state index in [4.69, 9.17) is 5.73 Å². The van der Waals surface area contributed by atoms with E-state index in [1.165, 1.54) is 0 Å². The molecule has 1 aromatic heterocycles. The quantitative estimate of drug-likeness (QED) is 0.912. The lowest BCUT2D eigenvalue weighted by Crippen LogP contribution is -2.35. The highest BCUT2D eigenvalue weighted by Gasteiger charge is 2.34. The summed E-state index contributed by atoms with van der Waals surface area (Å²) in [5.41, 5.74) is 8.35. The van der Waals surface area contributed by atoms with Crippen molar-refractivity contribution in [3.63, 3.8) is 0 Å². The van der Waals surface area contributed by atoms with Crippen molar-refractivity contribution >= 4 is 5.91 Å². The van der Waals surface area contributed by atoms with Crippen molar-refractivity contribution in [3.05, 3.63) is 17.0 Å². The summed E-state index contributed by atoms with van der Waals surface area (Å²) in [6, 6.07) is 0.268. The third kappa shape index (κ3) is 2.59. The van der Waals surface area contributed by atoms with Crippen LogP contribution in [0.15, 0.2) is 0 Å². The third-order valence-corrected chi connectivity index (χ3v) is 4.29. The van der Waals surface area contributed by atoms with Crippen LogP contribution in [0.4, 0.5) is 0 Å². The average molecular weight is 278 g/mol. The molecule has 1 saturated heterocycles. The number of hydrogen-bond donors (Lipinski definition) is 1. The molecule has 2 rings (SSSR count). The fraction of sp³-hybridized carbons (Fsp3) is 0.733. The number of hydrogen-bond acceptors (Lipinski definition) is 3. The van der Waals surface area contributed by atoms with Gasteiger partial charge in [0.25, 0.3) is 5.91 Å². The fourth-order valence-electron chi connectivity index (χ4n) is 3.18. The molecule has 5 nitrogen and oxygen atoms in total. The number of carbonyl (C=O) groups excluding carboxylic acids is 1. The van der Waals surface area contributed by atoms with E-state index in [2.05, 4.69) is 18.9 Å². The summed E-state index contributed by atoms with van der Waals surface area (Å²) in [7, 11) is 0. The highest BCUT2D eigenvalue weighted by atomic mass is 16.2. The summed E-state index contributed by atoms with van der Waals surface area (Å²) in [5, 5.41) is 4.50. The van der Waals surface area contributed by atoms with Crippen LogP contribution in [0.2, 0.25) is 0 Å². The highest BCUT2D eigenvalue weighted by Crippen LogP contribution is 2.26. The van der Waals surface area contributed by atoms with E-state index in [1.807, 2.05) is 23.4 Å². The number of rotatable bonds is 4. The van der Waals surface area contributed by atoms with Crippen LogP contribution in [0.3, 0.4) is 0 Å². The average Bonchev–Trinajstić information content (AvgIpc) is 2.91. The molecule has 1 amide bonds. The van der Waals surface area contributed by atoms with Gasteiger partial charge in [-0.25, -0.2) is 0 Å². The molecule has 112 valence electrons. The summed E-state index contributed by atoms with van der Waals surface area (Å²) in [5.74, 6) is 0.547. The van der Waals surface area contributed by atoms with Crippen LogP contribution in [0.5, 0.6) is 0 Å². The van der Waals surface area contributed by atoms with E-state index >= 15 is 0 Å². The predicted octanol–water partition coefficient (Wildman–Crippen LogP) is 1.72. The molecule has 1 aliphatic heterocycles. The number of aromatic nitrogens is 2. The predicted molar refractivity (Wildman–Crippen MR) is 79.7 cm³/mol. The summed E-state index contributed by atoms with van der Waals surface area (Å²) < 4.78 is 1.95. The van der Waals surface area contributed by atoms with E-state index in [0.717, 1.165) is 42.9 Å². The van der Waals surface area contributed by atoms with Crippen molar-refractivity contribution in [3.8, 4) is 0 Å². The molecule has 0 aromatic carbocycles. The Morgan fingerprint density at radius 2 is 2.15 bits per heavy atom. The standard InChI is InChI=1S/C15H26N4O/c1-5-6-19-12(4)14(11(3)17-19)15(20)18-9-13(8-16)7-10(18)2/h10,13H,5-9,16H2,1-4H3. The van der Waals surface area contributed by atoms with Gasteiger partial charge in [0.05, 0.1) is 11.3 Å². The maximum atomic E-state index is 12.8. The van der Waals surface area contributed by atoms with Crippen LogP contribution in [0.1, 0.15) is 48.4 Å². The van der Waals surface area contributed by atoms with Crippen molar-refractivity contribution in [2.45, 2.75) is 53.1 Å². The van der Waals surface area contributed by atoms with Crippen LogP contribution >= 0.6 is 0 Å². The zero-order valence-corrected chi connectivity index (χ0v) is 13.0. The Bertz CT molecular complexity index is 494. The van der Waals surface area contributed by atoms with Gasteiger partial charge in [0.15, 0.2) is 0 Å². The molecule has 0 spiro atoms. The number of likely N-dealkylation sites (tertiary alicyclic amines) is 1. The van der Waals surface area contributed by atoms with Crippen molar-refractivity contribution in [1.82, 2.24) is 14.7 Å². The minimum atomic E-state index is 0.116. The summed E-state index contributed by atoms with van der Waals surface area (Å²) >= 11 is 0. The number of carbonyl (C=O) groups is 1. The molecule has 2 heterocycles. The van der Waals surface area contributed by atoms with Gasteiger partial charge >= 0.3 is 0 Å². The minimum Gasteiger partial charge on any atom is -0.335 e. The van der Waals surface area contributed by atoms with E-state index in [9.17, 15) is 4.79 Å². The van der Waals surface area contributed by atoms with E-state index in [1.54, 1.807) is 0 Å². The third-order valence-electron chi connectivity index (χ3n) is 4.29. The second-order valence-electron chi connectivity index (χ2n) is 5.91. The van der Waals surface area contributed by atoms with Gasteiger partial charge < -0.3 is 10.6 Å².